The molecule has 0 saturated heterocycles. The molecule has 0 radical (unpaired) electrons. The van der Waals surface area contributed by atoms with Crippen molar-refractivity contribution in [3.8, 4) is 0 Å². The Morgan fingerprint density at radius 3 is 2.68 bits per heavy atom. The molecule has 1 N–H and O–H groups in total. The first-order valence-electron chi connectivity index (χ1n) is 7.70. The molecule has 22 heavy (non-hydrogen) atoms. The highest BCUT2D eigenvalue weighted by Gasteiger charge is 2.17. The summed E-state index contributed by atoms with van der Waals surface area (Å²) in [6.07, 6.45) is 3.54. The van der Waals surface area contributed by atoms with Crippen molar-refractivity contribution >= 4 is 5.91 Å². The maximum Gasteiger partial charge on any atom is 0.220 e. The molecule has 1 aromatic heterocycles. The van der Waals surface area contributed by atoms with E-state index >= 15 is 0 Å². The molecular weight excluding hydrogens is 276 g/mol. The average molecular weight is 300 g/mol. The molecule has 0 aliphatic rings. The summed E-state index contributed by atoms with van der Waals surface area (Å²) in [5, 5.41) is 7.10. The predicted octanol–water partition coefficient (Wildman–Crippen LogP) is 2.63. The van der Waals surface area contributed by atoms with Gasteiger partial charge in [-0.2, -0.15) is 5.10 Å². The zero-order chi connectivity index (χ0) is 16.1. The fraction of sp³-hybridized carbons (Fsp3) is 0.471. The number of amides is 1. The molecule has 1 atom stereocenters. The number of nitrogens with zero attached hydrogens (tertiary/aromatic N) is 3. The van der Waals surface area contributed by atoms with Gasteiger partial charge in [0.05, 0.1) is 6.04 Å². The first kappa shape index (κ1) is 16.2. The lowest BCUT2D eigenvalue weighted by molar-refractivity contribution is -0.121. The van der Waals surface area contributed by atoms with Crippen LogP contribution in [0.25, 0.3) is 0 Å². The molecule has 0 saturated carbocycles. The molecule has 0 bridgehead atoms. The summed E-state index contributed by atoms with van der Waals surface area (Å²) in [4.78, 5) is 16.4. The molecule has 2 rings (SSSR count). The van der Waals surface area contributed by atoms with Gasteiger partial charge in [0.25, 0.3) is 0 Å². The van der Waals surface area contributed by atoms with Crippen LogP contribution in [0.4, 0.5) is 0 Å². The predicted molar refractivity (Wildman–Crippen MR) is 86.4 cm³/mol. The minimum absolute atomic E-state index is 0.0491. The van der Waals surface area contributed by atoms with E-state index in [-0.39, 0.29) is 11.9 Å². The van der Waals surface area contributed by atoms with Crippen LogP contribution < -0.4 is 5.32 Å². The van der Waals surface area contributed by atoms with E-state index in [1.807, 2.05) is 14.0 Å². The number of aromatic nitrogens is 3. The number of nitrogens with one attached hydrogen (secondary N) is 1. The highest BCUT2D eigenvalue weighted by molar-refractivity contribution is 5.76. The quantitative estimate of drug-likeness (QED) is 0.892. The van der Waals surface area contributed by atoms with Crippen LogP contribution in [0.2, 0.25) is 0 Å². The molecule has 0 fully saturated rings. The Hall–Kier alpha value is -2.17. The van der Waals surface area contributed by atoms with E-state index in [2.05, 4.69) is 47.4 Å². The Labute approximate surface area is 131 Å². The number of benzene rings is 1. The van der Waals surface area contributed by atoms with Gasteiger partial charge in [-0.3, -0.25) is 9.48 Å². The summed E-state index contributed by atoms with van der Waals surface area (Å²) in [7, 11) is 1.84. The monoisotopic (exact) mass is 300 g/mol. The van der Waals surface area contributed by atoms with Crippen LogP contribution in [0, 0.1) is 13.8 Å². The first-order chi connectivity index (χ1) is 10.5. The van der Waals surface area contributed by atoms with Crippen molar-refractivity contribution in [2.75, 3.05) is 0 Å². The third-order valence-electron chi connectivity index (χ3n) is 4.01. The van der Waals surface area contributed by atoms with Crippen molar-refractivity contribution < 1.29 is 4.79 Å². The van der Waals surface area contributed by atoms with Crippen LogP contribution in [-0.4, -0.2) is 20.7 Å². The zero-order valence-corrected chi connectivity index (χ0v) is 13.8. The molecular formula is C17H24N4O. The fourth-order valence-electron chi connectivity index (χ4n) is 2.45. The first-order valence-corrected chi connectivity index (χ1v) is 7.70. The Morgan fingerprint density at radius 2 is 2.09 bits per heavy atom. The second kappa shape index (κ2) is 7.20. The zero-order valence-electron chi connectivity index (χ0n) is 13.8. The van der Waals surface area contributed by atoms with E-state index in [4.69, 9.17) is 0 Å². The highest BCUT2D eigenvalue weighted by atomic mass is 16.1. The van der Waals surface area contributed by atoms with Crippen molar-refractivity contribution in [3.05, 3.63) is 47.0 Å². The van der Waals surface area contributed by atoms with Gasteiger partial charge in [-0.15, -0.1) is 0 Å². The van der Waals surface area contributed by atoms with Gasteiger partial charge < -0.3 is 5.32 Å². The minimum Gasteiger partial charge on any atom is -0.346 e. The smallest absolute Gasteiger partial charge is 0.220 e. The van der Waals surface area contributed by atoms with E-state index in [0.717, 1.165) is 18.7 Å². The van der Waals surface area contributed by atoms with Crippen molar-refractivity contribution in [2.24, 2.45) is 7.05 Å². The van der Waals surface area contributed by atoms with Crippen LogP contribution in [0.5, 0.6) is 0 Å². The number of carbonyl (C=O) groups is 1. The van der Waals surface area contributed by atoms with E-state index in [0.29, 0.717) is 6.42 Å². The van der Waals surface area contributed by atoms with Gasteiger partial charge >= 0.3 is 0 Å². The van der Waals surface area contributed by atoms with Gasteiger partial charge in [-0.1, -0.05) is 25.1 Å². The summed E-state index contributed by atoms with van der Waals surface area (Å²) < 4.78 is 1.71. The largest absolute Gasteiger partial charge is 0.346 e. The number of aryl methyl sites for hydroxylation is 4. The van der Waals surface area contributed by atoms with Crippen molar-refractivity contribution in [1.29, 1.82) is 0 Å². The molecule has 118 valence electrons. The van der Waals surface area contributed by atoms with E-state index in [1.54, 1.807) is 4.68 Å². The number of rotatable bonds is 6. The number of hydrogen-bond donors (Lipinski definition) is 1. The van der Waals surface area contributed by atoms with Crippen LogP contribution in [0.1, 0.15) is 48.3 Å². The van der Waals surface area contributed by atoms with Crippen LogP contribution in [0.3, 0.4) is 0 Å². The molecule has 0 unspecified atom stereocenters. The summed E-state index contributed by atoms with van der Waals surface area (Å²) >= 11 is 0. The van der Waals surface area contributed by atoms with Crippen molar-refractivity contribution in [1.82, 2.24) is 20.1 Å². The summed E-state index contributed by atoms with van der Waals surface area (Å²) in [6, 6.07) is 6.27. The Morgan fingerprint density at radius 1 is 1.32 bits per heavy atom. The van der Waals surface area contributed by atoms with Crippen molar-refractivity contribution in [3.63, 3.8) is 0 Å². The van der Waals surface area contributed by atoms with E-state index < -0.39 is 0 Å². The fourth-order valence-corrected chi connectivity index (χ4v) is 2.45. The second-order valence-electron chi connectivity index (χ2n) is 5.69. The van der Waals surface area contributed by atoms with Gasteiger partial charge in [-0.25, -0.2) is 4.98 Å². The minimum atomic E-state index is -0.0836. The Kier molecular flexibility index (Phi) is 5.31. The summed E-state index contributed by atoms with van der Waals surface area (Å²) in [5.41, 5.74) is 3.75. The molecule has 0 spiro atoms. The topological polar surface area (TPSA) is 59.8 Å². The summed E-state index contributed by atoms with van der Waals surface area (Å²) in [6.45, 7) is 6.22. The van der Waals surface area contributed by atoms with Gasteiger partial charge in [0, 0.05) is 13.5 Å². The average Bonchev–Trinajstić information content (AvgIpc) is 2.92. The van der Waals surface area contributed by atoms with E-state index in [9.17, 15) is 4.79 Å². The van der Waals surface area contributed by atoms with Gasteiger partial charge in [0.15, 0.2) is 0 Å². The SMILES string of the molecule is CC[C@H](NC(=O)CCc1ccc(C)c(C)c1)c1ncnn1C. The lowest BCUT2D eigenvalue weighted by atomic mass is 10.0. The molecule has 0 aliphatic heterocycles. The van der Waals surface area contributed by atoms with E-state index in [1.165, 1.54) is 23.0 Å². The van der Waals surface area contributed by atoms with Crippen LogP contribution >= 0.6 is 0 Å². The molecule has 1 aromatic carbocycles. The third kappa shape index (κ3) is 3.93. The van der Waals surface area contributed by atoms with Gasteiger partial charge in [0.1, 0.15) is 12.2 Å². The highest BCUT2D eigenvalue weighted by Crippen LogP contribution is 2.14. The summed E-state index contributed by atoms with van der Waals surface area (Å²) in [5.74, 6) is 0.843. The van der Waals surface area contributed by atoms with Crippen LogP contribution in [0.15, 0.2) is 24.5 Å². The molecule has 1 amide bonds. The maximum absolute atomic E-state index is 12.2. The van der Waals surface area contributed by atoms with Gasteiger partial charge in [0.2, 0.25) is 5.91 Å². The van der Waals surface area contributed by atoms with Crippen LogP contribution in [-0.2, 0) is 18.3 Å². The number of carbonyl (C=O) groups excluding carboxylic acids is 1. The molecule has 0 aliphatic carbocycles. The number of hydrogen-bond acceptors (Lipinski definition) is 3. The molecule has 5 nitrogen and oxygen atoms in total. The normalized spacial score (nSPS) is 12.2. The standard InChI is InChI=1S/C17H24N4O/c1-5-15(17-18-11-19-21(17)4)20-16(22)9-8-14-7-6-12(2)13(3)10-14/h6-7,10-11,15H,5,8-9H2,1-4H3,(H,20,22)/t15-/m0/s1. The van der Waals surface area contributed by atoms with Crippen molar-refractivity contribution in [2.45, 2.75) is 46.1 Å². The third-order valence-corrected chi connectivity index (χ3v) is 4.01. The molecule has 5 heteroatoms. The lowest BCUT2D eigenvalue weighted by Crippen LogP contribution is -2.30. The molecule has 2 aromatic rings. The Balaban J connectivity index is 1.92. The maximum atomic E-state index is 12.2. The Bertz CT molecular complexity index is 648. The second-order valence-corrected chi connectivity index (χ2v) is 5.69. The molecule has 1 heterocycles. The van der Waals surface area contributed by atoms with Gasteiger partial charge in [-0.05, 0) is 43.4 Å². The lowest BCUT2D eigenvalue weighted by Gasteiger charge is -2.16.